The van der Waals surface area contributed by atoms with Gasteiger partial charge in [-0.3, -0.25) is 0 Å². The number of hydrogen-bond donors (Lipinski definition) is 0. The third-order valence-electron chi connectivity index (χ3n) is 4.65. The van der Waals surface area contributed by atoms with E-state index in [4.69, 9.17) is 4.74 Å². The Morgan fingerprint density at radius 2 is 1.64 bits per heavy atom. The first-order valence-corrected chi connectivity index (χ1v) is 9.83. The quantitative estimate of drug-likeness (QED) is 0.841. The van der Waals surface area contributed by atoms with Gasteiger partial charge >= 0.3 is 0 Å². The zero-order valence-corrected chi connectivity index (χ0v) is 15.7. The van der Waals surface area contributed by atoms with Crippen LogP contribution in [0, 0.1) is 6.92 Å². The van der Waals surface area contributed by atoms with Gasteiger partial charge in [0.1, 0.15) is 5.75 Å². The van der Waals surface area contributed by atoms with Crippen LogP contribution in [0.1, 0.15) is 12.5 Å². The summed E-state index contributed by atoms with van der Waals surface area (Å²) in [6, 6.07) is 15.0. The molecule has 0 bridgehead atoms. The van der Waals surface area contributed by atoms with E-state index in [-0.39, 0.29) is 6.04 Å². The predicted molar refractivity (Wildman–Crippen MR) is 99.7 cm³/mol. The summed E-state index contributed by atoms with van der Waals surface area (Å²) >= 11 is 0. The lowest BCUT2D eigenvalue weighted by molar-refractivity contribution is 0.342. The van der Waals surface area contributed by atoms with E-state index in [1.807, 2.05) is 43.3 Å². The second-order valence-corrected chi connectivity index (χ2v) is 8.35. The van der Waals surface area contributed by atoms with Crippen molar-refractivity contribution >= 4 is 15.7 Å². The molecule has 0 radical (unpaired) electrons. The van der Waals surface area contributed by atoms with Crippen molar-refractivity contribution in [3.8, 4) is 5.75 Å². The Kier molecular flexibility index (Phi) is 5.01. The molecule has 1 saturated heterocycles. The van der Waals surface area contributed by atoms with Crippen LogP contribution in [0.3, 0.4) is 0 Å². The first kappa shape index (κ1) is 17.8. The monoisotopic (exact) mass is 360 g/mol. The van der Waals surface area contributed by atoms with Crippen molar-refractivity contribution in [2.24, 2.45) is 0 Å². The van der Waals surface area contributed by atoms with Gasteiger partial charge in [-0.1, -0.05) is 17.7 Å². The van der Waals surface area contributed by atoms with Crippen molar-refractivity contribution in [2.75, 3.05) is 31.6 Å². The summed E-state index contributed by atoms with van der Waals surface area (Å²) in [5.74, 6) is 0.817. The van der Waals surface area contributed by atoms with Gasteiger partial charge in [0.15, 0.2) is 0 Å². The van der Waals surface area contributed by atoms with E-state index in [0.717, 1.165) is 17.0 Å². The van der Waals surface area contributed by atoms with Crippen molar-refractivity contribution < 1.29 is 13.2 Å². The van der Waals surface area contributed by atoms with Gasteiger partial charge in [0, 0.05) is 31.4 Å². The third-order valence-corrected chi connectivity index (χ3v) is 6.53. The highest BCUT2D eigenvalue weighted by molar-refractivity contribution is 7.89. The van der Waals surface area contributed by atoms with Crippen molar-refractivity contribution in [1.29, 1.82) is 0 Å². The third kappa shape index (κ3) is 3.65. The highest BCUT2D eigenvalue weighted by Gasteiger charge is 2.32. The highest BCUT2D eigenvalue weighted by atomic mass is 32.2. The molecule has 1 unspecified atom stereocenters. The largest absolute Gasteiger partial charge is 0.497 e. The van der Waals surface area contributed by atoms with Crippen molar-refractivity contribution in [3.63, 3.8) is 0 Å². The van der Waals surface area contributed by atoms with Crippen LogP contribution >= 0.6 is 0 Å². The molecule has 134 valence electrons. The molecular formula is C19H24N2O3S. The summed E-state index contributed by atoms with van der Waals surface area (Å²) in [5, 5.41) is 0. The van der Waals surface area contributed by atoms with Crippen LogP contribution in [0.25, 0.3) is 0 Å². The molecule has 0 saturated carbocycles. The molecule has 0 N–H and O–H groups in total. The maximum absolute atomic E-state index is 12.9. The Balaban J connectivity index is 1.75. The number of hydrogen-bond acceptors (Lipinski definition) is 4. The fourth-order valence-corrected chi connectivity index (χ4v) is 4.67. The molecule has 2 aromatic rings. The molecule has 1 aliphatic rings. The Morgan fingerprint density at radius 1 is 1.00 bits per heavy atom. The highest BCUT2D eigenvalue weighted by Crippen LogP contribution is 2.26. The summed E-state index contributed by atoms with van der Waals surface area (Å²) in [4.78, 5) is 2.60. The van der Waals surface area contributed by atoms with Crippen LogP contribution in [-0.2, 0) is 10.0 Å². The first-order chi connectivity index (χ1) is 11.9. The number of nitrogens with zero attached hydrogens (tertiary/aromatic N) is 2. The Labute approximate surface area is 149 Å². The molecule has 1 aliphatic heterocycles. The second-order valence-electron chi connectivity index (χ2n) is 6.42. The van der Waals surface area contributed by atoms with Gasteiger partial charge in [-0.2, -0.15) is 4.31 Å². The standard InChI is InChI=1S/C19H24N2O3S/c1-15-4-10-19(11-5-15)25(22,23)20-12-13-21(16(2)14-20)17-6-8-18(24-3)9-7-17/h4-11,16H,12-14H2,1-3H3. The fourth-order valence-electron chi connectivity index (χ4n) is 3.16. The minimum atomic E-state index is -3.44. The molecule has 1 heterocycles. The molecule has 6 heteroatoms. The van der Waals surface area contributed by atoms with E-state index in [9.17, 15) is 8.42 Å². The van der Waals surface area contributed by atoms with Crippen LogP contribution in [0.5, 0.6) is 5.75 Å². The van der Waals surface area contributed by atoms with Crippen LogP contribution in [-0.4, -0.2) is 45.5 Å². The normalized spacial score (nSPS) is 19.0. The van der Waals surface area contributed by atoms with Crippen LogP contribution in [0.15, 0.2) is 53.4 Å². The van der Waals surface area contributed by atoms with E-state index < -0.39 is 10.0 Å². The topological polar surface area (TPSA) is 49.9 Å². The molecule has 1 fully saturated rings. The molecule has 0 amide bonds. The van der Waals surface area contributed by atoms with Crippen molar-refractivity contribution in [1.82, 2.24) is 4.31 Å². The Morgan fingerprint density at radius 3 is 2.20 bits per heavy atom. The van der Waals surface area contributed by atoms with E-state index in [2.05, 4.69) is 11.8 Å². The first-order valence-electron chi connectivity index (χ1n) is 8.39. The van der Waals surface area contributed by atoms with Gasteiger partial charge in [-0.05, 0) is 50.2 Å². The minimum absolute atomic E-state index is 0.0994. The summed E-state index contributed by atoms with van der Waals surface area (Å²) in [6.07, 6.45) is 0. The molecule has 5 nitrogen and oxygen atoms in total. The van der Waals surface area contributed by atoms with Gasteiger partial charge in [0.25, 0.3) is 0 Å². The second kappa shape index (κ2) is 7.06. The summed E-state index contributed by atoms with van der Waals surface area (Å²) in [7, 11) is -1.80. The Hall–Kier alpha value is -2.05. The molecule has 2 aromatic carbocycles. The number of piperazine rings is 1. The summed E-state index contributed by atoms with van der Waals surface area (Å²) in [6.45, 7) is 5.63. The average molecular weight is 360 g/mol. The molecule has 25 heavy (non-hydrogen) atoms. The average Bonchev–Trinajstić information content (AvgIpc) is 2.62. The van der Waals surface area contributed by atoms with Crippen LogP contribution in [0.2, 0.25) is 0 Å². The lowest BCUT2D eigenvalue weighted by Gasteiger charge is -2.40. The molecule has 1 atom stereocenters. The van der Waals surface area contributed by atoms with Gasteiger partial charge in [0.2, 0.25) is 10.0 Å². The summed E-state index contributed by atoms with van der Waals surface area (Å²) < 4.78 is 32.5. The van der Waals surface area contributed by atoms with Gasteiger partial charge < -0.3 is 9.64 Å². The smallest absolute Gasteiger partial charge is 0.243 e. The number of aryl methyl sites for hydroxylation is 1. The zero-order valence-electron chi connectivity index (χ0n) is 14.8. The Bertz CT molecular complexity index is 817. The number of ether oxygens (including phenoxy) is 1. The SMILES string of the molecule is COc1ccc(N2CCN(S(=O)(=O)c3ccc(C)cc3)CC2C)cc1. The molecule has 0 aromatic heterocycles. The van der Waals surface area contributed by atoms with Crippen molar-refractivity contribution in [3.05, 3.63) is 54.1 Å². The number of rotatable bonds is 4. The fraction of sp³-hybridized carbons (Fsp3) is 0.368. The predicted octanol–water partition coefficient (Wildman–Crippen LogP) is 2.90. The number of anilines is 1. The van der Waals surface area contributed by atoms with E-state index in [0.29, 0.717) is 24.5 Å². The van der Waals surface area contributed by atoms with Crippen LogP contribution in [0.4, 0.5) is 5.69 Å². The van der Waals surface area contributed by atoms with Crippen molar-refractivity contribution in [2.45, 2.75) is 24.8 Å². The lowest BCUT2D eigenvalue weighted by atomic mass is 10.2. The van der Waals surface area contributed by atoms with Crippen LogP contribution < -0.4 is 9.64 Å². The summed E-state index contributed by atoms with van der Waals surface area (Å²) in [5.41, 5.74) is 2.14. The number of sulfonamides is 1. The molecular weight excluding hydrogens is 336 g/mol. The number of benzene rings is 2. The molecule has 0 spiro atoms. The van der Waals surface area contributed by atoms with Gasteiger partial charge in [-0.25, -0.2) is 8.42 Å². The lowest BCUT2D eigenvalue weighted by Crippen LogP contribution is -2.53. The maximum atomic E-state index is 12.9. The molecule has 0 aliphatic carbocycles. The maximum Gasteiger partial charge on any atom is 0.243 e. The van der Waals surface area contributed by atoms with E-state index >= 15 is 0 Å². The zero-order chi connectivity index (χ0) is 18.0. The van der Waals surface area contributed by atoms with Gasteiger partial charge in [0.05, 0.1) is 12.0 Å². The minimum Gasteiger partial charge on any atom is -0.497 e. The number of methoxy groups -OCH3 is 1. The van der Waals surface area contributed by atoms with E-state index in [1.165, 1.54) is 0 Å². The molecule has 3 rings (SSSR count). The van der Waals surface area contributed by atoms with E-state index in [1.54, 1.807) is 23.5 Å². The van der Waals surface area contributed by atoms with Gasteiger partial charge in [-0.15, -0.1) is 0 Å².